The average Bonchev–Trinajstić information content (AvgIpc) is 2.90. The molecule has 1 N–H and O–H groups in total. The van der Waals surface area contributed by atoms with Gasteiger partial charge in [0, 0.05) is 57.1 Å². The van der Waals surface area contributed by atoms with Crippen LogP contribution in [0.15, 0.2) is 79.1 Å². The fourth-order valence-corrected chi connectivity index (χ4v) is 3.77. The molecule has 8 heteroatoms. The van der Waals surface area contributed by atoms with Gasteiger partial charge < -0.3 is 19.9 Å². The zero-order valence-corrected chi connectivity index (χ0v) is 19.3. The molecule has 1 aliphatic rings. The Morgan fingerprint density at radius 3 is 2.54 bits per heavy atom. The summed E-state index contributed by atoms with van der Waals surface area (Å²) in [6.45, 7) is 3.13. The zero-order valence-electron chi connectivity index (χ0n) is 19.3. The molecule has 1 saturated heterocycles. The number of anilines is 1. The molecule has 0 atom stereocenters. The molecule has 7 nitrogen and oxygen atoms in total. The lowest BCUT2D eigenvalue weighted by Gasteiger charge is -2.36. The van der Waals surface area contributed by atoms with Crippen LogP contribution in [0.2, 0.25) is 0 Å². The predicted octanol–water partition coefficient (Wildman–Crippen LogP) is 3.88. The molecule has 0 bridgehead atoms. The third-order valence-electron chi connectivity index (χ3n) is 5.64. The second kappa shape index (κ2) is 11.8. The first-order chi connectivity index (χ1) is 17.1. The number of carbonyl (C=O) groups excluding carboxylic acids is 2. The fourth-order valence-electron chi connectivity index (χ4n) is 3.77. The topological polar surface area (TPSA) is 74.8 Å². The van der Waals surface area contributed by atoms with Crippen molar-refractivity contribution in [1.82, 2.24) is 15.2 Å². The fraction of sp³-hybridized carbons (Fsp3) is 0.222. The molecule has 35 heavy (non-hydrogen) atoms. The first kappa shape index (κ1) is 23.9. The van der Waals surface area contributed by atoms with Crippen molar-refractivity contribution >= 4 is 23.6 Å². The van der Waals surface area contributed by atoms with Gasteiger partial charge in [-0.2, -0.15) is 0 Å². The number of para-hydroxylation sites is 1. The highest BCUT2D eigenvalue weighted by Crippen LogP contribution is 2.24. The molecule has 0 unspecified atom stereocenters. The summed E-state index contributed by atoms with van der Waals surface area (Å²) in [5, 5.41) is 2.71. The van der Waals surface area contributed by atoms with E-state index in [1.54, 1.807) is 24.4 Å². The van der Waals surface area contributed by atoms with Crippen LogP contribution in [0.25, 0.3) is 6.08 Å². The minimum Gasteiger partial charge on any atom is -0.453 e. The highest BCUT2D eigenvalue weighted by Gasteiger charge is 2.20. The number of hydrogen-bond acceptors (Lipinski definition) is 5. The van der Waals surface area contributed by atoms with Crippen molar-refractivity contribution in [1.29, 1.82) is 0 Å². The molecule has 1 aromatic heterocycles. The normalized spacial score (nSPS) is 13.6. The van der Waals surface area contributed by atoms with Crippen LogP contribution < -0.4 is 15.0 Å². The third kappa shape index (κ3) is 6.89. The Balaban J connectivity index is 1.18. The van der Waals surface area contributed by atoms with Crippen molar-refractivity contribution in [2.75, 3.05) is 37.6 Å². The number of ether oxygens (including phenoxy) is 1. The first-order valence-corrected chi connectivity index (χ1v) is 11.5. The Kier molecular flexibility index (Phi) is 8.06. The number of halogens is 1. The average molecular weight is 475 g/mol. The molecule has 0 saturated carbocycles. The van der Waals surface area contributed by atoms with Crippen LogP contribution in [0.5, 0.6) is 11.5 Å². The molecule has 0 spiro atoms. The van der Waals surface area contributed by atoms with E-state index in [0.29, 0.717) is 24.4 Å². The second-order valence-electron chi connectivity index (χ2n) is 8.06. The van der Waals surface area contributed by atoms with Gasteiger partial charge in [0.15, 0.2) is 11.6 Å². The number of nitrogens with zero attached hydrogens (tertiary/aromatic N) is 3. The standard InChI is InChI=1S/C27H27FN4O3/c28-24-19-21(8-10-25(24)35-23-7-4-13-29-20-23)9-11-26(33)30-14-12-27(34)32-17-15-31(16-18-32)22-5-2-1-3-6-22/h1-11,13,19-20H,12,14-18H2,(H,30,33)/b11-9+. The number of benzene rings is 2. The van der Waals surface area contributed by atoms with E-state index >= 15 is 0 Å². The van der Waals surface area contributed by atoms with Crippen molar-refractivity contribution in [3.05, 3.63) is 90.5 Å². The summed E-state index contributed by atoms with van der Waals surface area (Å²) in [5.74, 6) is -0.366. The van der Waals surface area contributed by atoms with Gasteiger partial charge in [-0.15, -0.1) is 0 Å². The molecule has 1 aliphatic heterocycles. The summed E-state index contributed by atoms with van der Waals surface area (Å²) in [4.78, 5) is 32.6. The van der Waals surface area contributed by atoms with Crippen LogP contribution in [-0.4, -0.2) is 54.4 Å². The van der Waals surface area contributed by atoms with Crippen LogP contribution in [0.1, 0.15) is 12.0 Å². The Morgan fingerprint density at radius 1 is 1.03 bits per heavy atom. The van der Waals surface area contributed by atoms with E-state index in [2.05, 4.69) is 27.3 Å². The van der Waals surface area contributed by atoms with Gasteiger partial charge in [0.05, 0.1) is 6.20 Å². The van der Waals surface area contributed by atoms with Crippen molar-refractivity contribution in [3.63, 3.8) is 0 Å². The molecule has 1 fully saturated rings. The van der Waals surface area contributed by atoms with Crippen LogP contribution in [-0.2, 0) is 9.59 Å². The Labute approximate surface area is 203 Å². The van der Waals surface area contributed by atoms with Crippen LogP contribution in [0.4, 0.5) is 10.1 Å². The van der Waals surface area contributed by atoms with Crippen molar-refractivity contribution in [2.45, 2.75) is 6.42 Å². The minimum atomic E-state index is -0.547. The summed E-state index contributed by atoms with van der Waals surface area (Å²) in [6.07, 6.45) is 6.16. The zero-order chi connectivity index (χ0) is 24.5. The molecule has 2 aromatic carbocycles. The lowest BCUT2D eigenvalue weighted by atomic mass is 10.2. The van der Waals surface area contributed by atoms with Crippen LogP contribution in [0.3, 0.4) is 0 Å². The molecule has 2 amide bonds. The number of piperazine rings is 1. The quantitative estimate of drug-likeness (QED) is 0.502. The lowest BCUT2D eigenvalue weighted by molar-refractivity contribution is -0.131. The molecular formula is C27H27FN4O3. The molecular weight excluding hydrogens is 447 g/mol. The van der Waals surface area contributed by atoms with Gasteiger partial charge in [-0.25, -0.2) is 4.39 Å². The van der Waals surface area contributed by atoms with Crippen LogP contribution in [0, 0.1) is 5.82 Å². The Hall–Kier alpha value is -4.20. The second-order valence-corrected chi connectivity index (χ2v) is 8.06. The number of aromatic nitrogens is 1. The molecule has 0 aliphatic carbocycles. The van der Waals surface area contributed by atoms with E-state index in [0.717, 1.165) is 18.8 Å². The molecule has 0 radical (unpaired) electrons. The van der Waals surface area contributed by atoms with Crippen LogP contribution >= 0.6 is 0 Å². The number of amides is 2. The Morgan fingerprint density at radius 2 is 1.83 bits per heavy atom. The monoisotopic (exact) mass is 474 g/mol. The van der Waals surface area contributed by atoms with Gasteiger partial charge in [-0.1, -0.05) is 24.3 Å². The SMILES string of the molecule is O=C(/C=C/c1ccc(Oc2cccnc2)c(F)c1)NCCC(=O)N1CCN(c2ccccc2)CC1. The molecule has 180 valence electrons. The summed E-state index contributed by atoms with van der Waals surface area (Å²) < 4.78 is 19.8. The maximum Gasteiger partial charge on any atom is 0.244 e. The number of carbonyl (C=O) groups is 2. The largest absolute Gasteiger partial charge is 0.453 e. The van der Waals surface area contributed by atoms with Gasteiger partial charge in [-0.05, 0) is 48.0 Å². The number of pyridine rings is 1. The highest BCUT2D eigenvalue weighted by atomic mass is 19.1. The minimum absolute atomic E-state index is 0.0215. The maximum atomic E-state index is 14.3. The molecule has 4 rings (SSSR count). The van der Waals surface area contributed by atoms with E-state index in [1.807, 2.05) is 23.1 Å². The smallest absolute Gasteiger partial charge is 0.244 e. The van der Waals surface area contributed by atoms with E-state index < -0.39 is 5.82 Å². The van der Waals surface area contributed by atoms with Gasteiger partial charge in [0.2, 0.25) is 11.8 Å². The summed E-state index contributed by atoms with van der Waals surface area (Å²) >= 11 is 0. The predicted molar refractivity (Wildman–Crippen MR) is 133 cm³/mol. The van der Waals surface area contributed by atoms with Gasteiger partial charge >= 0.3 is 0 Å². The maximum absolute atomic E-state index is 14.3. The third-order valence-corrected chi connectivity index (χ3v) is 5.64. The highest BCUT2D eigenvalue weighted by molar-refractivity contribution is 5.92. The van der Waals surface area contributed by atoms with E-state index in [1.165, 1.54) is 30.5 Å². The molecule has 3 aromatic rings. The van der Waals surface area contributed by atoms with Crippen molar-refractivity contribution < 1.29 is 18.7 Å². The number of nitrogens with one attached hydrogen (secondary N) is 1. The van der Waals surface area contributed by atoms with Gasteiger partial charge in [0.1, 0.15) is 5.75 Å². The van der Waals surface area contributed by atoms with Gasteiger partial charge in [-0.3, -0.25) is 14.6 Å². The molecule has 2 heterocycles. The van der Waals surface area contributed by atoms with E-state index in [4.69, 9.17) is 4.74 Å². The number of hydrogen-bond donors (Lipinski definition) is 1. The van der Waals surface area contributed by atoms with Crippen molar-refractivity contribution in [2.24, 2.45) is 0 Å². The lowest BCUT2D eigenvalue weighted by Crippen LogP contribution is -2.49. The number of rotatable bonds is 8. The summed E-state index contributed by atoms with van der Waals surface area (Å²) in [5.41, 5.74) is 1.68. The van der Waals surface area contributed by atoms with E-state index in [-0.39, 0.29) is 30.5 Å². The van der Waals surface area contributed by atoms with Crippen molar-refractivity contribution in [3.8, 4) is 11.5 Å². The Bertz CT molecular complexity index is 1160. The van der Waals surface area contributed by atoms with Gasteiger partial charge in [0.25, 0.3) is 0 Å². The summed E-state index contributed by atoms with van der Waals surface area (Å²) in [6, 6.07) is 17.9. The first-order valence-electron chi connectivity index (χ1n) is 11.5. The summed E-state index contributed by atoms with van der Waals surface area (Å²) in [7, 11) is 0. The van der Waals surface area contributed by atoms with E-state index in [9.17, 15) is 14.0 Å².